The first kappa shape index (κ1) is 15.2. The van der Waals surface area contributed by atoms with Gasteiger partial charge in [-0.3, -0.25) is 9.78 Å². The Balaban J connectivity index is 1.48. The first-order valence-corrected chi connectivity index (χ1v) is 7.69. The van der Waals surface area contributed by atoms with Crippen molar-refractivity contribution in [1.29, 1.82) is 0 Å². The predicted octanol–water partition coefficient (Wildman–Crippen LogP) is 2.86. The summed E-state index contributed by atoms with van der Waals surface area (Å²) in [6.07, 6.45) is 9.45. The highest BCUT2D eigenvalue weighted by Crippen LogP contribution is 2.35. The topological polar surface area (TPSA) is 66.7 Å². The van der Waals surface area contributed by atoms with Crippen LogP contribution in [0.15, 0.2) is 46.8 Å². The van der Waals surface area contributed by atoms with Crippen molar-refractivity contribution in [1.82, 2.24) is 10.3 Å². The normalized spacial score (nSPS) is 14.4. The monoisotopic (exact) mass is 306 g/mol. The van der Waals surface area contributed by atoms with Gasteiger partial charge in [-0.2, -0.15) is 10.2 Å². The molecule has 2 aromatic rings. The summed E-state index contributed by atoms with van der Waals surface area (Å²) in [7, 11) is 0. The van der Waals surface area contributed by atoms with Crippen LogP contribution in [0.2, 0.25) is 0 Å². The molecule has 0 saturated carbocycles. The summed E-state index contributed by atoms with van der Waals surface area (Å²) in [5.74, 6) is 2.58. The zero-order valence-electron chi connectivity index (χ0n) is 12.8. The lowest BCUT2D eigenvalue weighted by molar-refractivity contribution is -0.120. The minimum atomic E-state index is -0.343. The number of para-hydroxylation sites is 1. The third-order valence-corrected chi connectivity index (χ3v) is 3.91. The van der Waals surface area contributed by atoms with E-state index in [2.05, 4.69) is 26.4 Å². The second kappa shape index (κ2) is 6.57. The van der Waals surface area contributed by atoms with Crippen LogP contribution in [0.5, 0.6) is 0 Å². The molecule has 1 N–H and O–H groups in total. The molecule has 3 rings (SSSR count). The first-order valence-electron chi connectivity index (χ1n) is 7.69. The smallest absolute Gasteiger partial charge is 0.224 e. The summed E-state index contributed by atoms with van der Waals surface area (Å²) in [4.78, 5) is 16.4. The van der Waals surface area contributed by atoms with E-state index in [-0.39, 0.29) is 11.6 Å². The molecule has 1 aromatic carbocycles. The molecule has 1 aliphatic heterocycles. The minimum Gasteiger partial charge on any atom is -0.356 e. The van der Waals surface area contributed by atoms with E-state index in [9.17, 15) is 4.79 Å². The van der Waals surface area contributed by atoms with Gasteiger partial charge in [-0.15, -0.1) is 12.3 Å². The van der Waals surface area contributed by atoms with Gasteiger partial charge in [0.25, 0.3) is 0 Å². The number of fused-ring (bicyclic) bond motifs is 1. The number of hydrogen-bond acceptors (Lipinski definition) is 4. The van der Waals surface area contributed by atoms with Crippen molar-refractivity contribution in [2.75, 3.05) is 6.54 Å². The molecule has 5 nitrogen and oxygen atoms in total. The van der Waals surface area contributed by atoms with Crippen molar-refractivity contribution >= 4 is 16.8 Å². The predicted molar refractivity (Wildman–Crippen MR) is 88.7 cm³/mol. The third-order valence-electron chi connectivity index (χ3n) is 3.91. The fraction of sp³-hybridized carbons (Fsp3) is 0.333. The third kappa shape index (κ3) is 3.92. The highest BCUT2D eigenvalue weighted by molar-refractivity contribution is 5.82. The number of hydrogen-bond donors (Lipinski definition) is 1. The van der Waals surface area contributed by atoms with Crippen molar-refractivity contribution in [3.8, 4) is 12.3 Å². The Kier molecular flexibility index (Phi) is 4.33. The van der Waals surface area contributed by atoms with E-state index in [1.165, 1.54) is 0 Å². The molecule has 0 atom stereocenters. The van der Waals surface area contributed by atoms with Gasteiger partial charge in [0.15, 0.2) is 5.66 Å². The number of benzene rings is 1. The molecule has 1 aromatic heterocycles. The van der Waals surface area contributed by atoms with Gasteiger partial charge in [0.2, 0.25) is 5.91 Å². The molecular formula is C18H18N4O. The lowest BCUT2D eigenvalue weighted by Gasteiger charge is -2.10. The molecular weight excluding hydrogens is 288 g/mol. The molecule has 0 aliphatic carbocycles. The Morgan fingerprint density at radius 1 is 1.26 bits per heavy atom. The molecule has 1 aliphatic rings. The van der Waals surface area contributed by atoms with Crippen LogP contribution in [-0.2, 0) is 11.2 Å². The Morgan fingerprint density at radius 2 is 2.09 bits per heavy atom. The van der Waals surface area contributed by atoms with Crippen molar-refractivity contribution in [2.24, 2.45) is 10.2 Å². The van der Waals surface area contributed by atoms with Crippen LogP contribution in [0.4, 0.5) is 0 Å². The van der Waals surface area contributed by atoms with Gasteiger partial charge < -0.3 is 5.32 Å². The summed E-state index contributed by atoms with van der Waals surface area (Å²) in [6.45, 7) is 0.553. The molecule has 23 heavy (non-hydrogen) atoms. The fourth-order valence-electron chi connectivity index (χ4n) is 2.53. The first-order chi connectivity index (χ1) is 11.2. The molecule has 0 fully saturated rings. The number of pyridine rings is 1. The lowest BCUT2D eigenvalue weighted by atomic mass is 10.0. The van der Waals surface area contributed by atoms with Crippen LogP contribution in [-0.4, -0.2) is 23.1 Å². The Labute approximate surface area is 135 Å². The van der Waals surface area contributed by atoms with E-state index < -0.39 is 0 Å². The summed E-state index contributed by atoms with van der Waals surface area (Å²) >= 11 is 0. The van der Waals surface area contributed by atoms with Crippen LogP contribution in [0.1, 0.15) is 24.8 Å². The Hall–Kier alpha value is -2.74. The van der Waals surface area contributed by atoms with Crippen molar-refractivity contribution < 1.29 is 4.79 Å². The van der Waals surface area contributed by atoms with Crippen LogP contribution >= 0.6 is 0 Å². The number of nitrogens with zero attached hydrogens (tertiary/aromatic N) is 3. The van der Waals surface area contributed by atoms with E-state index in [4.69, 9.17) is 6.42 Å². The summed E-state index contributed by atoms with van der Waals surface area (Å²) in [5.41, 5.74) is 1.50. The van der Waals surface area contributed by atoms with Gasteiger partial charge in [-0.25, -0.2) is 0 Å². The quantitative estimate of drug-likeness (QED) is 0.799. The largest absolute Gasteiger partial charge is 0.356 e. The van der Waals surface area contributed by atoms with Gasteiger partial charge in [0.05, 0.1) is 11.9 Å². The second-order valence-corrected chi connectivity index (χ2v) is 5.70. The van der Waals surface area contributed by atoms with Crippen molar-refractivity contribution in [2.45, 2.75) is 31.3 Å². The molecule has 116 valence electrons. The number of amides is 1. The van der Waals surface area contributed by atoms with Gasteiger partial charge in [-0.1, -0.05) is 18.2 Å². The van der Waals surface area contributed by atoms with E-state index in [1.807, 2.05) is 30.3 Å². The zero-order chi connectivity index (χ0) is 16.1. The van der Waals surface area contributed by atoms with Gasteiger partial charge >= 0.3 is 0 Å². The maximum Gasteiger partial charge on any atom is 0.224 e. The SMILES string of the molecule is C#CCCC1(CCNC(=O)Cc2cnc3ccccc3c2)N=N1. The molecule has 1 amide bonds. The Bertz CT molecular complexity index is 785. The molecule has 0 radical (unpaired) electrons. The van der Waals surface area contributed by atoms with Crippen LogP contribution in [0, 0.1) is 12.3 Å². The number of nitrogens with one attached hydrogen (secondary N) is 1. The summed E-state index contributed by atoms with van der Waals surface area (Å²) in [5, 5.41) is 12.1. The highest BCUT2D eigenvalue weighted by atomic mass is 16.1. The average Bonchev–Trinajstić information content (AvgIpc) is 3.33. The molecule has 0 spiro atoms. The van der Waals surface area contributed by atoms with Crippen LogP contribution in [0.3, 0.4) is 0 Å². The standard InChI is InChI=1S/C18H18N4O/c1-2-3-8-18(21-22-18)9-10-19-17(23)12-14-11-15-6-4-5-7-16(15)20-13-14/h1,4-7,11,13H,3,8-10,12H2,(H,19,23). The molecule has 2 heterocycles. The molecule has 0 saturated heterocycles. The number of carbonyl (C=O) groups excluding carboxylic acids is 1. The maximum atomic E-state index is 12.0. The second-order valence-electron chi connectivity index (χ2n) is 5.70. The lowest BCUT2D eigenvalue weighted by Crippen LogP contribution is -2.29. The Morgan fingerprint density at radius 3 is 2.87 bits per heavy atom. The van der Waals surface area contributed by atoms with Crippen LogP contribution < -0.4 is 5.32 Å². The fourth-order valence-corrected chi connectivity index (χ4v) is 2.53. The van der Waals surface area contributed by atoms with E-state index in [0.717, 1.165) is 22.9 Å². The van der Waals surface area contributed by atoms with Gasteiger partial charge in [-0.05, 0) is 17.7 Å². The average molecular weight is 306 g/mol. The number of carbonyl (C=O) groups is 1. The zero-order valence-corrected chi connectivity index (χ0v) is 12.8. The summed E-state index contributed by atoms with van der Waals surface area (Å²) in [6, 6.07) is 9.87. The highest BCUT2D eigenvalue weighted by Gasteiger charge is 2.38. The molecule has 5 heteroatoms. The van der Waals surface area contributed by atoms with Crippen molar-refractivity contribution in [3.05, 3.63) is 42.1 Å². The summed E-state index contributed by atoms with van der Waals surface area (Å²) < 4.78 is 0. The minimum absolute atomic E-state index is 0.0187. The number of aromatic nitrogens is 1. The number of terminal acetylenes is 1. The van der Waals surface area contributed by atoms with E-state index in [1.54, 1.807) is 6.20 Å². The number of rotatable bonds is 7. The maximum absolute atomic E-state index is 12.0. The molecule has 0 bridgehead atoms. The van der Waals surface area contributed by atoms with Gasteiger partial charge in [0, 0.05) is 37.4 Å². The van der Waals surface area contributed by atoms with Crippen molar-refractivity contribution in [3.63, 3.8) is 0 Å². The van der Waals surface area contributed by atoms with Gasteiger partial charge in [0.1, 0.15) is 0 Å². The van der Waals surface area contributed by atoms with E-state index in [0.29, 0.717) is 25.8 Å². The molecule has 0 unspecified atom stereocenters. The van der Waals surface area contributed by atoms with Crippen LogP contribution in [0.25, 0.3) is 10.9 Å². The van der Waals surface area contributed by atoms with E-state index >= 15 is 0 Å².